The van der Waals surface area contributed by atoms with E-state index in [0.29, 0.717) is 13.1 Å². The average molecular weight is 271 g/mol. The molecule has 0 bridgehead atoms. The molecule has 2 unspecified atom stereocenters. The molecule has 1 aliphatic rings. The van der Waals surface area contributed by atoms with Crippen LogP contribution in [0.5, 0.6) is 0 Å². The highest BCUT2D eigenvalue weighted by molar-refractivity contribution is 5.85. The Bertz CT molecular complexity index is 342. The Balaban J connectivity index is 2.70. The topological polar surface area (TPSA) is 66.8 Å². The average Bonchev–Trinajstić information content (AvgIpc) is 2.38. The fraction of sp³-hybridized carbons (Fsp3) is 0.857. The van der Waals surface area contributed by atoms with Gasteiger partial charge in [-0.25, -0.2) is 0 Å². The van der Waals surface area contributed by atoms with Gasteiger partial charge in [-0.05, 0) is 25.7 Å². The van der Waals surface area contributed by atoms with Crippen LogP contribution in [-0.4, -0.2) is 48.2 Å². The van der Waals surface area contributed by atoms with Crippen LogP contribution in [0.4, 0.5) is 0 Å². The highest BCUT2D eigenvalue weighted by atomic mass is 16.5. The second-order valence-corrected chi connectivity index (χ2v) is 5.89. The van der Waals surface area contributed by atoms with Crippen molar-refractivity contribution in [3.05, 3.63) is 0 Å². The summed E-state index contributed by atoms with van der Waals surface area (Å²) in [6.07, 6.45) is 2.00. The van der Waals surface area contributed by atoms with E-state index in [9.17, 15) is 14.7 Å². The number of carbonyl (C=O) groups is 2. The minimum atomic E-state index is -1.00. The third-order valence-electron chi connectivity index (χ3n) is 4.35. The van der Waals surface area contributed by atoms with Gasteiger partial charge in [0.15, 0.2) is 0 Å². The van der Waals surface area contributed by atoms with Crippen LogP contribution in [0.2, 0.25) is 0 Å². The lowest BCUT2D eigenvalue weighted by molar-refractivity contribution is -0.156. The number of hydrogen-bond acceptors (Lipinski definition) is 3. The van der Waals surface area contributed by atoms with Crippen molar-refractivity contribution in [3.63, 3.8) is 0 Å². The number of carbonyl (C=O) groups excluding carboxylic acids is 1. The molecule has 5 nitrogen and oxygen atoms in total. The summed E-state index contributed by atoms with van der Waals surface area (Å²) in [6.45, 7) is 6.61. The van der Waals surface area contributed by atoms with Crippen LogP contribution in [0, 0.1) is 11.3 Å². The quantitative estimate of drug-likeness (QED) is 0.827. The Morgan fingerprint density at radius 3 is 2.58 bits per heavy atom. The fourth-order valence-electron chi connectivity index (χ4n) is 2.31. The Morgan fingerprint density at radius 1 is 1.47 bits per heavy atom. The Kier molecular flexibility index (Phi) is 5.35. The van der Waals surface area contributed by atoms with Crippen LogP contribution in [0.1, 0.15) is 40.0 Å². The van der Waals surface area contributed by atoms with Crippen LogP contribution >= 0.6 is 0 Å². The van der Waals surface area contributed by atoms with E-state index >= 15 is 0 Å². The number of piperidine rings is 1. The van der Waals surface area contributed by atoms with Gasteiger partial charge in [0.2, 0.25) is 5.91 Å². The molecule has 0 spiro atoms. The van der Waals surface area contributed by atoms with E-state index in [1.807, 2.05) is 13.8 Å². The lowest BCUT2D eigenvalue weighted by Gasteiger charge is -2.35. The molecule has 0 aromatic carbocycles. The molecule has 19 heavy (non-hydrogen) atoms. The van der Waals surface area contributed by atoms with Crippen molar-refractivity contribution in [2.75, 3.05) is 20.2 Å². The van der Waals surface area contributed by atoms with E-state index in [4.69, 9.17) is 4.74 Å². The van der Waals surface area contributed by atoms with Crippen LogP contribution < -0.4 is 0 Å². The third kappa shape index (κ3) is 3.69. The summed E-state index contributed by atoms with van der Waals surface area (Å²) in [5, 5.41) is 9.35. The smallest absolute Gasteiger partial charge is 0.310 e. The number of methoxy groups -OCH3 is 1. The maximum atomic E-state index is 12.3. The van der Waals surface area contributed by atoms with Crippen molar-refractivity contribution in [1.29, 1.82) is 0 Å². The first-order valence-corrected chi connectivity index (χ1v) is 6.85. The first kappa shape index (κ1) is 16.0. The van der Waals surface area contributed by atoms with E-state index < -0.39 is 11.4 Å². The zero-order chi connectivity index (χ0) is 14.6. The summed E-state index contributed by atoms with van der Waals surface area (Å²) in [7, 11) is 1.65. The van der Waals surface area contributed by atoms with Gasteiger partial charge in [-0.2, -0.15) is 0 Å². The highest BCUT2D eigenvalue weighted by Gasteiger charge is 2.40. The molecule has 0 aromatic heterocycles. The minimum absolute atomic E-state index is 0.0520. The molecule has 0 aromatic rings. The highest BCUT2D eigenvalue weighted by Crippen LogP contribution is 2.32. The van der Waals surface area contributed by atoms with E-state index in [2.05, 4.69) is 0 Å². The van der Waals surface area contributed by atoms with Crippen molar-refractivity contribution in [2.45, 2.75) is 46.1 Å². The molecule has 1 heterocycles. The molecule has 1 N–H and O–H groups in total. The number of nitrogens with zero attached hydrogens (tertiary/aromatic N) is 1. The van der Waals surface area contributed by atoms with Gasteiger partial charge in [-0.1, -0.05) is 13.8 Å². The van der Waals surface area contributed by atoms with Gasteiger partial charge in [0.05, 0.1) is 11.5 Å². The molecule has 1 fully saturated rings. The molecular weight excluding hydrogens is 246 g/mol. The lowest BCUT2D eigenvalue weighted by Crippen LogP contribution is -2.46. The van der Waals surface area contributed by atoms with E-state index in [0.717, 1.165) is 12.8 Å². The van der Waals surface area contributed by atoms with E-state index in [1.54, 1.807) is 18.9 Å². The lowest BCUT2D eigenvalue weighted by atomic mass is 9.76. The number of aliphatic carboxylic acids is 1. The molecule has 1 rings (SSSR count). The number of amides is 1. The monoisotopic (exact) mass is 271 g/mol. The maximum absolute atomic E-state index is 12.3. The van der Waals surface area contributed by atoms with Gasteiger partial charge in [0, 0.05) is 26.6 Å². The molecule has 1 saturated heterocycles. The predicted molar refractivity (Wildman–Crippen MR) is 71.8 cm³/mol. The minimum Gasteiger partial charge on any atom is -0.481 e. The molecular formula is C14H25NO4. The molecule has 0 saturated carbocycles. The van der Waals surface area contributed by atoms with Crippen LogP contribution in [0.3, 0.4) is 0 Å². The van der Waals surface area contributed by atoms with Gasteiger partial charge in [-0.15, -0.1) is 0 Å². The number of carboxylic acid groups (broad SMARTS) is 1. The van der Waals surface area contributed by atoms with E-state index in [-0.39, 0.29) is 24.3 Å². The molecule has 0 aliphatic carbocycles. The molecule has 0 radical (unpaired) electrons. The Labute approximate surface area is 114 Å². The maximum Gasteiger partial charge on any atom is 0.310 e. The molecule has 1 aliphatic heterocycles. The van der Waals surface area contributed by atoms with Gasteiger partial charge in [-0.3, -0.25) is 9.59 Å². The summed E-state index contributed by atoms with van der Waals surface area (Å²) in [6, 6.07) is 0. The second kappa shape index (κ2) is 6.37. The van der Waals surface area contributed by atoms with Crippen molar-refractivity contribution in [1.82, 2.24) is 4.90 Å². The molecule has 110 valence electrons. The van der Waals surface area contributed by atoms with Crippen LogP contribution in [0.25, 0.3) is 0 Å². The van der Waals surface area contributed by atoms with Gasteiger partial charge >= 0.3 is 5.97 Å². The van der Waals surface area contributed by atoms with Gasteiger partial charge < -0.3 is 14.7 Å². The summed E-state index contributed by atoms with van der Waals surface area (Å²) >= 11 is 0. The first-order chi connectivity index (χ1) is 8.81. The SMILES string of the molecule is COC1CCCN(C(=O)CC(C)(C(=O)O)C(C)C)C1. The molecule has 1 amide bonds. The summed E-state index contributed by atoms with van der Waals surface area (Å²) in [5.74, 6) is -1.08. The molecule has 5 heteroatoms. The Hall–Kier alpha value is -1.10. The van der Waals surface area contributed by atoms with Crippen molar-refractivity contribution in [2.24, 2.45) is 11.3 Å². The largest absolute Gasteiger partial charge is 0.481 e. The first-order valence-electron chi connectivity index (χ1n) is 6.85. The zero-order valence-electron chi connectivity index (χ0n) is 12.3. The summed E-state index contributed by atoms with van der Waals surface area (Å²) in [5.41, 5.74) is -1.00. The number of likely N-dealkylation sites (tertiary alicyclic amines) is 1. The van der Waals surface area contributed by atoms with Crippen molar-refractivity contribution >= 4 is 11.9 Å². The predicted octanol–water partition coefficient (Wildman–Crippen LogP) is 1.76. The van der Waals surface area contributed by atoms with Gasteiger partial charge in [0.1, 0.15) is 0 Å². The van der Waals surface area contributed by atoms with Gasteiger partial charge in [0.25, 0.3) is 0 Å². The number of ether oxygens (including phenoxy) is 1. The molecule has 2 atom stereocenters. The second-order valence-electron chi connectivity index (χ2n) is 5.89. The summed E-state index contributed by atoms with van der Waals surface area (Å²) in [4.78, 5) is 25.4. The fourth-order valence-corrected chi connectivity index (χ4v) is 2.31. The van der Waals surface area contributed by atoms with Crippen LogP contribution in [0.15, 0.2) is 0 Å². The van der Waals surface area contributed by atoms with Crippen LogP contribution in [-0.2, 0) is 14.3 Å². The Morgan fingerprint density at radius 2 is 2.11 bits per heavy atom. The van der Waals surface area contributed by atoms with Crippen molar-refractivity contribution < 1.29 is 19.4 Å². The normalized spacial score (nSPS) is 23.2. The zero-order valence-corrected chi connectivity index (χ0v) is 12.3. The summed E-state index contributed by atoms with van der Waals surface area (Å²) < 4.78 is 5.29. The number of carboxylic acids is 1. The standard InChI is InChI=1S/C14H25NO4/c1-10(2)14(3,13(17)18)8-12(16)15-7-5-6-11(9-15)19-4/h10-11H,5-9H2,1-4H3,(H,17,18). The van der Waals surface area contributed by atoms with E-state index in [1.165, 1.54) is 0 Å². The van der Waals surface area contributed by atoms with Crippen molar-refractivity contribution in [3.8, 4) is 0 Å². The number of rotatable bonds is 5. The third-order valence-corrected chi connectivity index (χ3v) is 4.35. The number of hydrogen-bond donors (Lipinski definition) is 1.